The summed E-state index contributed by atoms with van der Waals surface area (Å²) in [5, 5.41) is 6.42. The SMILES string of the molecule is CC(C)(C)OC(=O)NC1CCCC1Nc1nc(Cl)ncc1Br. The summed E-state index contributed by atoms with van der Waals surface area (Å²) in [4.78, 5) is 20.0. The van der Waals surface area contributed by atoms with Crippen LogP contribution >= 0.6 is 27.5 Å². The number of aromatic nitrogens is 2. The minimum Gasteiger partial charge on any atom is -0.444 e. The summed E-state index contributed by atoms with van der Waals surface area (Å²) in [5.41, 5.74) is -0.505. The van der Waals surface area contributed by atoms with Gasteiger partial charge in [0.05, 0.1) is 10.5 Å². The van der Waals surface area contributed by atoms with Crippen molar-refractivity contribution in [1.29, 1.82) is 0 Å². The fourth-order valence-corrected chi connectivity index (χ4v) is 2.83. The zero-order chi connectivity index (χ0) is 16.3. The molecule has 1 aromatic heterocycles. The molecule has 0 radical (unpaired) electrons. The topological polar surface area (TPSA) is 76.1 Å². The van der Waals surface area contributed by atoms with Crippen LogP contribution in [0.1, 0.15) is 40.0 Å². The van der Waals surface area contributed by atoms with Gasteiger partial charge in [0.15, 0.2) is 0 Å². The number of ether oxygens (including phenoxy) is 1. The van der Waals surface area contributed by atoms with Gasteiger partial charge in [-0.1, -0.05) is 0 Å². The van der Waals surface area contributed by atoms with Gasteiger partial charge >= 0.3 is 6.09 Å². The van der Waals surface area contributed by atoms with E-state index in [1.54, 1.807) is 6.20 Å². The van der Waals surface area contributed by atoms with Gasteiger partial charge in [0, 0.05) is 12.2 Å². The van der Waals surface area contributed by atoms with E-state index >= 15 is 0 Å². The second-order valence-electron chi connectivity index (χ2n) is 6.27. The molecule has 1 aromatic rings. The summed E-state index contributed by atoms with van der Waals surface area (Å²) < 4.78 is 6.04. The summed E-state index contributed by atoms with van der Waals surface area (Å²) in [7, 11) is 0. The van der Waals surface area contributed by atoms with E-state index in [-0.39, 0.29) is 17.4 Å². The Labute approximate surface area is 143 Å². The Morgan fingerprint density at radius 1 is 1.41 bits per heavy atom. The molecule has 0 saturated heterocycles. The number of nitrogens with one attached hydrogen (secondary N) is 2. The van der Waals surface area contributed by atoms with Gasteiger partial charge in [0.25, 0.3) is 0 Å². The van der Waals surface area contributed by atoms with Crippen LogP contribution in [0.5, 0.6) is 0 Å². The Kier molecular flexibility index (Phi) is 5.50. The van der Waals surface area contributed by atoms with Gasteiger partial charge in [0.1, 0.15) is 11.4 Å². The molecular weight excluding hydrogens is 372 g/mol. The maximum Gasteiger partial charge on any atom is 0.407 e. The van der Waals surface area contributed by atoms with Crippen LogP contribution in [0.15, 0.2) is 10.7 Å². The first kappa shape index (κ1) is 17.3. The van der Waals surface area contributed by atoms with Crippen molar-refractivity contribution >= 4 is 39.4 Å². The number of nitrogens with zero attached hydrogens (tertiary/aromatic N) is 2. The smallest absolute Gasteiger partial charge is 0.407 e. The Bertz CT molecular complexity index is 550. The van der Waals surface area contributed by atoms with Gasteiger partial charge in [0.2, 0.25) is 5.28 Å². The highest BCUT2D eigenvalue weighted by Crippen LogP contribution is 2.27. The van der Waals surface area contributed by atoms with Crippen LogP contribution in [-0.4, -0.2) is 33.7 Å². The lowest BCUT2D eigenvalue weighted by atomic mass is 10.1. The second-order valence-corrected chi connectivity index (χ2v) is 7.46. The van der Waals surface area contributed by atoms with Crippen molar-refractivity contribution in [2.24, 2.45) is 0 Å². The average Bonchev–Trinajstić information content (AvgIpc) is 2.79. The van der Waals surface area contributed by atoms with Crippen LogP contribution in [-0.2, 0) is 4.74 Å². The highest BCUT2D eigenvalue weighted by atomic mass is 79.9. The van der Waals surface area contributed by atoms with Crippen molar-refractivity contribution in [3.05, 3.63) is 16.0 Å². The molecule has 122 valence electrons. The summed E-state index contributed by atoms with van der Waals surface area (Å²) >= 11 is 9.21. The zero-order valence-corrected chi connectivity index (χ0v) is 15.2. The number of anilines is 1. The molecule has 8 heteroatoms. The molecule has 0 bridgehead atoms. The standard InChI is InChI=1S/C14H20BrClN4O2/c1-14(2,3)22-13(21)19-10-6-4-5-9(10)18-11-8(15)7-17-12(16)20-11/h7,9-10H,4-6H2,1-3H3,(H,19,21)(H,17,18,20). The molecule has 2 rings (SSSR count). The molecule has 2 unspecified atom stereocenters. The molecule has 2 N–H and O–H groups in total. The minimum atomic E-state index is -0.505. The molecule has 1 fully saturated rings. The molecule has 0 aliphatic heterocycles. The third-order valence-electron chi connectivity index (χ3n) is 3.25. The summed E-state index contributed by atoms with van der Waals surface area (Å²) in [6.07, 6.45) is 4.06. The third kappa shape index (κ3) is 4.98. The van der Waals surface area contributed by atoms with E-state index in [1.807, 2.05) is 20.8 Å². The van der Waals surface area contributed by atoms with E-state index in [2.05, 4.69) is 36.5 Å². The van der Waals surface area contributed by atoms with Gasteiger partial charge in [-0.2, -0.15) is 4.98 Å². The van der Waals surface area contributed by atoms with E-state index < -0.39 is 11.7 Å². The first-order chi connectivity index (χ1) is 10.2. The number of alkyl carbamates (subject to hydrolysis) is 1. The fraction of sp³-hybridized carbons (Fsp3) is 0.643. The number of amides is 1. The quantitative estimate of drug-likeness (QED) is 0.767. The number of carbonyl (C=O) groups is 1. The van der Waals surface area contributed by atoms with Crippen LogP contribution in [0.2, 0.25) is 5.28 Å². The number of hydrogen-bond acceptors (Lipinski definition) is 5. The summed E-state index contributed by atoms with van der Waals surface area (Å²) in [5.74, 6) is 0.628. The van der Waals surface area contributed by atoms with Crippen LogP contribution in [0.3, 0.4) is 0 Å². The van der Waals surface area contributed by atoms with Crippen molar-refractivity contribution in [1.82, 2.24) is 15.3 Å². The Morgan fingerprint density at radius 2 is 2.09 bits per heavy atom. The number of halogens is 2. The molecule has 1 aliphatic rings. The predicted molar refractivity (Wildman–Crippen MR) is 89.2 cm³/mol. The number of rotatable bonds is 3. The van der Waals surface area contributed by atoms with E-state index in [0.29, 0.717) is 5.82 Å². The van der Waals surface area contributed by atoms with Gasteiger partial charge in [-0.05, 0) is 67.6 Å². The largest absolute Gasteiger partial charge is 0.444 e. The maximum absolute atomic E-state index is 11.9. The van der Waals surface area contributed by atoms with E-state index in [1.165, 1.54) is 0 Å². The van der Waals surface area contributed by atoms with Crippen LogP contribution in [0, 0.1) is 0 Å². The molecule has 0 spiro atoms. The molecular formula is C14H20BrClN4O2. The normalized spacial score (nSPS) is 21.5. The van der Waals surface area contributed by atoms with Crippen molar-refractivity contribution in [2.75, 3.05) is 5.32 Å². The van der Waals surface area contributed by atoms with Crippen LogP contribution in [0.4, 0.5) is 10.6 Å². The van der Waals surface area contributed by atoms with E-state index in [9.17, 15) is 4.79 Å². The van der Waals surface area contributed by atoms with Gasteiger partial charge in [-0.3, -0.25) is 0 Å². The van der Waals surface area contributed by atoms with Gasteiger partial charge in [-0.25, -0.2) is 9.78 Å². The molecule has 1 aliphatic carbocycles. The van der Waals surface area contributed by atoms with Crippen LogP contribution < -0.4 is 10.6 Å². The van der Waals surface area contributed by atoms with Crippen molar-refractivity contribution < 1.29 is 9.53 Å². The summed E-state index contributed by atoms with van der Waals surface area (Å²) in [6.45, 7) is 5.53. The third-order valence-corrected chi connectivity index (χ3v) is 4.02. The molecule has 2 atom stereocenters. The van der Waals surface area contributed by atoms with E-state index in [0.717, 1.165) is 23.7 Å². The monoisotopic (exact) mass is 390 g/mol. The van der Waals surface area contributed by atoms with Gasteiger partial charge in [-0.15, -0.1) is 0 Å². The zero-order valence-electron chi connectivity index (χ0n) is 12.8. The van der Waals surface area contributed by atoms with E-state index in [4.69, 9.17) is 16.3 Å². The lowest BCUT2D eigenvalue weighted by Gasteiger charge is -2.25. The lowest BCUT2D eigenvalue weighted by Crippen LogP contribution is -2.45. The fourth-order valence-electron chi connectivity index (χ4n) is 2.39. The molecule has 1 amide bonds. The van der Waals surface area contributed by atoms with Crippen LogP contribution in [0.25, 0.3) is 0 Å². The average molecular weight is 392 g/mol. The molecule has 6 nitrogen and oxygen atoms in total. The number of carbonyl (C=O) groups excluding carboxylic acids is 1. The molecule has 0 aromatic carbocycles. The Hall–Kier alpha value is -1.08. The summed E-state index contributed by atoms with van der Waals surface area (Å²) in [6, 6.07) is 0.0743. The number of hydrogen-bond donors (Lipinski definition) is 2. The van der Waals surface area contributed by atoms with Crippen molar-refractivity contribution in [3.8, 4) is 0 Å². The Balaban J connectivity index is 1.99. The maximum atomic E-state index is 11.9. The van der Waals surface area contributed by atoms with Crippen molar-refractivity contribution in [3.63, 3.8) is 0 Å². The predicted octanol–water partition coefficient (Wildman–Crippen LogP) is 3.75. The molecule has 22 heavy (non-hydrogen) atoms. The van der Waals surface area contributed by atoms with Gasteiger partial charge < -0.3 is 15.4 Å². The van der Waals surface area contributed by atoms with Crippen molar-refractivity contribution in [2.45, 2.75) is 57.7 Å². The first-order valence-corrected chi connectivity index (χ1v) is 8.36. The molecule has 1 heterocycles. The second kappa shape index (κ2) is 7.00. The Morgan fingerprint density at radius 3 is 2.77 bits per heavy atom. The first-order valence-electron chi connectivity index (χ1n) is 7.19. The minimum absolute atomic E-state index is 0.00418. The highest BCUT2D eigenvalue weighted by molar-refractivity contribution is 9.10. The highest BCUT2D eigenvalue weighted by Gasteiger charge is 2.30. The lowest BCUT2D eigenvalue weighted by molar-refractivity contribution is 0.0503. The molecule has 1 saturated carbocycles.